The molecule has 3 N–H and O–H groups in total. The number of para-hydroxylation sites is 1. The lowest BCUT2D eigenvalue weighted by molar-refractivity contribution is -0.136. The van der Waals surface area contributed by atoms with Crippen LogP contribution in [0.2, 0.25) is 0 Å². The number of benzene rings is 4. The molecule has 0 fully saturated rings. The number of nitrogens with one attached hydrogen (secondary N) is 2. The van der Waals surface area contributed by atoms with Gasteiger partial charge in [0, 0.05) is 29.0 Å². The molecule has 1 aliphatic rings. The fraction of sp³-hybridized carbons (Fsp3) is 0.176. The number of carboxylic acid groups (broad SMARTS) is 1. The molecule has 1 atom stereocenters. The van der Waals surface area contributed by atoms with E-state index in [2.05, 4.69) is 66.1 Å². The van der Waals surface area contributed by atoms with Crippen molar-refractivity contribution in [2.45, 2.75) is 26.3 Å². The van der Waals surface area contributed by atoms with E-state index in [1.807, 2.05) is 65.7 Å². The largest absolute Gasteiger partial charge is 0.481 e. The zero-order valence-electron chi connectivity index (χ0n) is 23.6. The first-order chi connectivity index (χ1) is 20.4. The van der Waals surface area contributed by atoms with Gasteiger partial charge in [-0.05, 0) is 60.0 Å². The Balaban J connectivity index is 1.43. The summed E-state index contributed by atoms with van der Waals surface area (Å²) in [4.78, 5) is 31.1. The van der Waals surface area contributed by atoms with Gasteiger partial charge in [-0.1, -0.05) is 80.1 Å². The van der Waals surface area contributed by atoms with E-state index >= 15 is 0 Å². The number of carbonyl (C=O) groups is 2. The quantitative estimate of drug-likeness (QED) is 0.188. The normalized spacial score (nSPS) is 13.3. The predicted molar refractivity (Wildman–Crippen MR) is 165 cm³/mol. The summed E-state index contributed by atoms with van der Waals surface area (Å²) < 4.78 is 0. The molecule has 0 saturated heterocycles. The Labute approximate surface area is 245 Å². The second-order valence-corrected chi connectivity index (χ2v) is 10.3. The third-order valence-corrected chi connectivity index (χ3v) is 7.09. The number of carbonyl (C=O) groups excluding carboxylic acids is 1. The summed E-state index contributed by atoms with van der Waals surface area (Å²) in [7, 11) is 0. The Kier molecular flexibility index (Phi) is 8.84. The molecule has 1 unspecified atom stereocenters. The molecule has 214 valence electrons. The number of rotatable bonds is 11. The first-order valence-corrected chi connectivity index (χ1v) is 13.9. The van der Waals surface area contributed by atoms with E-state index in [-0.39, 0.29) is 30.8 Å². The van der Waals surface area contributed by atoms with Crippen LogP contribution in [0.4, 0.5) is 17.1 Å². The van der Waals surface area contributed by atoms with Gasteiger partial charge in [0.1, 0.15) is 12.0 Å². The highest BCUT2D eigenvalue weighted by molar-refractivity contribution is 5.94. The van der Waals surface area contributed by atoms with Crippen molar-refractivity contribution in [3.8, 4) is 0 Å². The maximum Gasteiger partial charge on any atom is 0.305 e. The first-order valence-electron chi connectivity index (χ1n) is 13.9. The minimum absolute atomic E-state index is 0.0105. The SMILES string of the molecule is CC(C)C(c1ccc(N2NOC=C2c2ccccc2)cc1)N(c1ccccc1)c1ccc(C(=O)NCCC(=O)O)cc1. The van der Waals surface area contributed by atoms with E-state index in [0.717, 1.165) is 33.9 Å². The topological polar surface area (TPSA) is 94.1 Å². The molecule has 0 radical (unpaired) electrons. The highest BCUT2D eigenvalue weighted by Gasteiger charge is 2.27. The van der Waals surface area contributed by atoms with Crippen LogP contribution in [0, 0.1) is 5.92 Å². The molecule has 8 nitrogen and oxygen atoms in total. The Morgan fingerprint density at radius 3 is 2.10 bits per heavy atom. The van der Waals surface area contributed by atoms with Crippen LogP contribution in [0.3, 0.4) is 0 Å². The molecule has 0 aliphatic carbocycles. The average Bonchev–Trinajstić information content (AvgIpc) is 3.51. The maximum atomic E-state index is 12.6. The van der Waals surface area contributed by atoms with Gasteiger partial charge in [-0.2, -0.15) is 0 Å². The summed E-state index contributed by atoms with van der Waals surface area (Å²) in [5, 5.41) is 13.4. The fourth-order valence-electron chi connectivity index (χ4n) is 5.10. The molecule has 1 aliphatic heterocycles. The molecule has 0 saturated carbocycles. The number of amides is 1. The van der Waals surface area contributed by atoms with Crippen LogP contribution in [0.25, 0.3) is 5.70 Å². The first kappa shape index (κ1) is 28.4. The molecule has 42 heavy (non-hydrogen) atoms. The predicted octanol–water partition coefficient (Wildman–Crippen LogP) is 6.68. The van der Waals surface area contributed by atoms with E-state index in [1.165, 1.54) is 0 Å². The van der Waals surface area contributed by atoms with Crippen molar-refractivity contribution in [3.63, 3.8) is 0 Å². The standard InChI is InChI=1S/C34H34N4O4/c1-24(2)33(26-13-19-30(20-14-26)38-31(23-42-36-38)25-9-5-3-6-10-25)37(28-11-7-4-8-12-28)29-17-15-27(16-18-29)34(41)35-22-21-32(39)40/h3-20,23-24,33,36H,21-22H2,1-2H3,(H,35,41)(H,39,40). The smallest absolute Gasteiger partial charge is 0.305 e. The van der Waals surface area contributed by atoms with Crippen molar-refractivity contribution in [2.75, 3.05) is 16.5 Å². The Morgan fingerprint density at radius 1 is 0.857 bits per heavy atom. The second-order valence-electron chi connectivity index (χ2n) is 10.3. The molecule has 8 heteroatoms. The molecular weight excluding hydrogens is 528 g/mol. The van der Waals surface area contributed by atoms with E-state index in [0.29, 0.717) is 5.56 Å². The highest BCUT2D eigenvalue weighted by Crippen LogP contribution is 2.40. The molecule has 1 amide bonds. The fourth-order valence-corrected chi connectivity index (χ4v) is 5.10. The zero-order chi connectivity index (χ0) is 29.5. The molecule has 4 aromatic carbocycles. The van der Waals surface area contributed by atoms with Gasteiger partial charge in [0.2, 0.25) is 0 Å². The summed E-state index contributed by atoms with van der Waals surface area (Å²) in [5.41, 5.74) is 9.46. The van der Waals surface area contributed by atoms with Crippen LogP contribution in [0.15, 0.2) is 115 Å². The van der Waals surface area contributed by atoms with Crippen molar-refractivity contribution in [1.82, 2.24) is 10.9 Å². The minimum atomic E-state index is -0.949. The summed E-state index contributed by atoms with van der Waals surface area (Å²) in [6.07, 6.45) is 1.58. The Hall–Kier alpha value is -5.08. The number of anilines is 3. The monoisotopic (exact) mass is 562 g/mol. The average molecular weight is 563 g/mol. The third-order valence-electron chi connectivity index (χ3n) is 7.09. The summed E-state index contributed by atoms with van der Waals surface area (Å²) >= 11 is 0. The lowest BCUT2D eigenvalue weighted by Gasteiger charge is -2.37. The van der Waals surface area contributed by atoms with Gasteiger partial charge in [-0.15, -0.1) is 0 Å². The molecule has 5 rings (SSSR count). The van der Waals surface area contributed by atoms with Crippen molar-refractivity contribution in [3.05, 3.63) is 132 Å². The Morgan fingerprint density at radius 2 is 1.48 bits per heavy atom. The summed E-state index contributed by atoms with van der Waals surface area (Å²) in [6.45, 7) is 4.48. The van der Waals surface area contributed by atoms with Crippen LogP contribution < -0.4 is 20.8 Å². The van der Waals surface area contributed by atoms with E-state index < -0.39 is 5.97 Å². The van der Waals surface area contributed by atoms with Crippen molar-refractivity contribution in [1.29, 1.82) is 0 Å². The maximum absolute atomic E-state index is 12.6. The molecule has 1 heterocycles. The molecule has 0 bridgehead atoms. The van der Waals surface area contributed by atoms with Crippen LogP contribution in [-0.2, 0) is 9.63 Å². The Bertz CT molecular complexity index is 1520. The van der Waals surface area contributed by atoms with Crippen LogP contribution in [0.1, 0.15) is 47.8 Å². The van der Waals surface area contributed by atoms with Gasteiger partial charge >= 0.3 is 5.97 Å². The van der Waals surface area contributed by atoms with Crippen LogP contribution in [0.5, 0.6) is 0 Å². The number of hydrazine groups is 1. The van der Waals surface area contributed by atoms with Gasteiger partial charge < -0.3 is 20.2 Å². The number of hydrogen-bond donors (Lipinski definition) is 3. The van der Waals surface area contributed by atoms with E-state index in [1.54, 1.807) is 18.4 Å². The number of carboxylic acids is 1. The van der Waals surface area contributed by atoms with Gasteiger partial charge in [0.25, 0.3) is 5.91 Å². The van der Waals surface area contributed by atoms with Crippen molar-refractivity contribution >= 4 is 34.6 Å². The van der Waals surface area contributed by atoms with Crippen molar-refractivity contribution in [2.24, 2.45) is 5.92 Å². The molecule has 0 aromatic heterocycles. The lowest BCUT2D eigenvalue weighted by Crippen LogP contribution is -2.30. The molecule has 4 aromatic rings. The highest BCUT2D eigenvalue weighted by atomic mass is 16.7. The van der Waals surface area contributed by atoms with Crippen LogP contribution >= 0.6 is 0 Å². The summed E-state index contributed by atoms with van der Waals surface area (Å²) in [6, 6.07) is 36.1. The minimum Gasteiger partial charge on any atom is -0.481 e. The summed E-state index contributed by atoms with van der Waals surface area (Å²) in [5.74, 6) is -1.01. The molecule has 0 spiro atoms. The van der Waals surface area contributed by atoms with Gasteiger partial charge in [0.05, 0.1) is 18.2 Å². The molecular formula is C34H34N4O4. The van der Waals surface area contributed by atoms with Crippen molar-refractivity contribution < 1.29 is 19.5 Å². The lowest BCUT2D eigenvalue weighted by atomic mass is 9.92. The second kappa shape index (κ2) is 13.1. The van der Waals surface area contributed by atoms with Gasteiger partial charge in [0.15, 0.2) is 0 Å². The van der Waals surface area contributed by atoms with Crippen LogP contribution in [-0.4, -0.2) is 23.5 Å². The number of nitrogens with zero attached hydrogens (tertiary/aromatic N) is 2. The zero-order valence-corrected chi connectivity index (χ0v) is 23.6. The van der Waals surface area contributed by atoms with Gasteiger partial charge in [-0.25, -0.2) is 5.01 Å². The third kappa shape index (κ3) is 6.45. The number of aliphatic carboxylic acids is 1. The number of hydrogen-bond acceptors (Lipinski definition) is 6. The van der Waals surface area contributed by atoms with E-state index in [9.17, 15) is 9.59 Å². The van der Waals surface area contributed by atoms with E-state index in [4.69, 9.17) is 9.94 Å². The van der Waals surface area contributed by atoms with Gasteiger partial charge in [-0.3, -0.25) is 9.59 Å².